The lowest BCUT2D eigenvalue weighted by atomic mass is 9.95. The van der Waals surface area contributed by atoms with Gasteiger partial charge >= 0.3 is 0 Å². The van der Waals surface area contributed by atoms with Crippen molar-refractivity contribution >= 4 is 0 Å². The summed E-state index contributed by atoms with van der Waals surface area (Å²) in [7, 11) is 0. The van der Waals surface area contributed by atoms with E-state index in [4.69, 9.17) is 0 Å². The Morgan fingerprint density at radius 3 is 2.29 bits per heavy atom. The van der Waals surface area contributed by atoms with E-state index < -0.39 is 0 Å². The maximum absolute atomic E-state index is 9.73. The predicted octanol–water partition coefficient (Wildman–Crippen LogP) is 4.34. The number of hydrogen-bond donors (Lipinski definition) is 2. The van der Waals surface area contributed by atoms with Crippen LogP contribution in [0.3, 0.4) is 0 Å². The molecule has 0 fully saturated rings. The fraction of sp³-hybridized carbons (Fsp3) is 0.0526. The first-order valence-corrected chi connectivity index (χ1v) is 6.96. The molecule has 2 heteroatoms. The summed E-state index contributed by atoms with van der Waals surface area (Å²) in [6.45, 7) is 0. The van der Waals surface area contributed by atoms with Crippen LogP contribution in [0.1, 0.15) is 11.1 Å². The highest BCUT2D eigenvalue weighted by atomic mass is 16.3. The Balaban J connectivity index is 1.92. The summed E-state index contributed by atoms with van der Waals surface area (Å²) >= 11 is 0. The summed E-state index contributed by atoms with van der Waals surface area (Å²) in [5.74, 6) is -0.171. The van der Waals surface area contributed by atoms with Gasteiger partial charge in [0.2, 0.25) is 0 Å². The number of benzene rings is 3. The van der Waals surface area contributed by atoms with E-state index in [2.05, 4.69) is 36.4 Å². The van der Waals surface area contributed by atoms with E-state index in [0.717, 1.165) is 17.5 Å². The maximum Gasteiger partial charge on any atom is 0.158 e. The molecule has 0 aliphatic heterocycles. The minimum absolute atomic E-state index is 0.0828. The number of rotatable bonds is 1. The van der Waals surface area contributed by atoms with Crippen LogP contribution in [0.25, 0.3) is 22.3 Å². The zero-order valence-electron chi connectivity index (χ0n) is 11.4. The van der Waals surface area contributed by atoms with Crippen molar-refractivity contribution in [3.8, 4) is 33.8 Å². The van der Waals surface area contributed by atoms with Gasteiger partial charge in [0, 0.05) is 0 Å². The first-order chi connectivity index (χ1) is 10.2. The molecule has 4 rings (SSSR count). The molecule has 0 aromatic heterocycles. The topological polar surface area (TPSA) is 40.5 Å². The summed E-state index contributed by atoms with van der Waals surface area (Å²) in [5.41, 5.74) is 7.20. The third-order valence-corrected chi connectivity index (χ3v) is 4.14. The molecule has 3 aromatic carbocycles. The third kappa shape index (κ3) is 1.80. The van der Waals surface area contributed by atoms with E-state index in [0.29, 0.717) is 0 Å². The second-order valence-electron chi connectivity index (χ2n) is 5.37. The minimum Gasteiger partial charge on any atom is -0.504 e. The molecule has 3 aromatic rings. The number of hydrogen-bond acceptors (Lipinski definition) is 2. The van der Waals surface area contributed by atoms with Gasteiger partial charge < -0.3 is 10.2 Å². The highest BCUT2D eigenvalue weighted by Crippen LogP contribution is 2.42. The highest BCUT2D eigenvalue weighted by Gasteiger charge is 2.21. The van der Waals surface area contributed by atoms with Crippen molar-refractivity contribution in [1.29, 1.82) is 0 Å². The molecule has 0 unspecified atom stereocenters. The summed E-state index contributed by atoms with van der Waals surface area (Å²) in [6, 6.07) is 19.7. The van der Waals surface area contributed by atoms with Gasteiger partial charge in [0.1, 0.15) is 0 Å². The largest absolute Gasteiger partial charge is 0.504 e. The Hall–Kier alpha value is -2.74. The molecule has 21 heavy (non-hydrogen) atoms. The summed E-state index contributed by atoms with van der Waals surface area (Å²) in [5, 5.41) is 19.2. The second kappa shape index (κ2) is 4.38. The van der Waals surface area contributed by atoms with Crippen LogP contribution in [0.15, 0.2) is 60.7 Å². The van der Waals surface area contributed by atoms with Gasteiger partial charge in [-0.3, -0.25) is 0 Å². The van der Waals surface area contributed by atoms with E-state index in [1.165, 1.54) is 28.3 Å². The van der Waals surface area contributed by atoms with E-state index in [1.807, 2.05) is 12.1 Å². The van der Waals surface area contributed by atoms with Gasteiger partial charge in [0.05, 0.1) is 0 Å². The van der Waals surface area contributed by atoms with E-state index in [1.54, 1.807) is 6.07 Å². The monoisotopic (exact) mass is 274 g/mol. The Bertz CT molecular complexity index is 850. The lowest BCUT2D eigenvalue weighted by molar-refractivity contribution is 0.404. The third-order valence-electron chi connectivity index (χ3n) is 4.14. The Morgan fingerprint density at radius 2 is 1.43 bits per heavy atom. The molecule has 1 aliphatic rings. The van der Waals surface area contributed by atoms with Gasteiger partial charge in [-0.15, -0.1) is 0 Å². The van der Waals surface area contributed by atoms with Crippen molar-refractivity contribution in [2.75, 3.05) is 0 Å². The molecule has 0 amide bonds. The zero-order valence-corrected chi connectivity index (χ0v) is 11.4. The van der Waals surface area contributed by atoms with Crippen LogP contribution in [0.4, 0.5) is 0 Å². The lowest BCUT2D eigenvalue weighted by Gasteiger charge is -2.09. The molecule has 0 saturated heterocycles. The van der Waals surface area contributed by atoms with E-state index >= 15 is 0 Å². The molecule has 102 valence electrons. The van der Waals surface area contributed by atoms with Crippen molar-refractivity contribution in [2.24, 2.45) is 0 Å². The molecule has 0 atom stereocenters. The fourth-order valence-electron chi connectivity index (χ4n) is 3.12. The van der Waals surface area contributed by atoms with Gasteiger partial charge in [0.25, 0.3) is 0 Å². The highest BCUT2D eigenvalue weighted by molar-refractivity contribution is 5.85. The molecular formula is C19H14O2. The Labute approximate surface area is 122 Å². The molecule has 0 spiro atoms. The number of aromatic hydroxyl groups is 2. The predicted molar refractivity (Wildman–Crippen MR) is 83.4 cm³/mol. The van der Waals surface area contributed by atoms with Gasteiger partial charge in [-0.2, -0.15) is 0 Å². The average Bonchev–Trinajstić information content (AvgIpc) is 2.89. The lowest BCUT2D eigenvalue weighted by Crippen LogP contribution is -1.87. The summed E-state index contributed by atoms with van der Waals surface area (Å²) in [6.07, 6.45) is 0.906. The van der Waals surface area contributed by atoms with Gasteiger partial charge in [-0.25, -0.2) is 0 Å². The smallest absolute Gasteiger partial charge is 0.158 e. The fourth-order valence-corrected chi connectivity index (χ4v) is 3.12. The molecular weight excluding hydrogens is 260 g/mol. The van der Waals surface area contributed by atoms with Gasteiger partial charge in [-0.1, -0.05) is 48.5 Å². The van der Waals surface area contributed by atoms with Crippen LogP contribution in [0, 0.1) is 0 Å². The van der Waals surface area contributed by atoms with E-state index in [-0.39, 0.29) is 11.5 Å². The van der Waals surface area contributed by atoms with E-state index in [9.17, 15) is 10.2 Å². The second-order valence-corrected chi connectivity index (χ2v) is 5.37. The number of fused-ring (bicyclic) bond motifs is 3. The van der Waals surface area contributed by atoms with Crippen LogP contribution in [0.2, 0.25) is 0 Å². The van der Waals surface area contributed by atoms with Crippen molar-refractivity contribution in [2.45, 2.75) is 6.42 Å². The summed E-state index contributed by atoms with van der Waals surface area (Å²) in [4.78, 5) is 0. The molecule has 0 saturated carbocycles. The van der Waals surface area contributed by atoms with Crippen LogP contribution < -0.4 is 0 Å². The van der Waals surface area contributed by atoms with Crippen LogP contribution >= 0.6 is 0 Å². The first kappa shape index (κ1) is 12.0. The standard InChI is InChI=1S/C19H14O2/c20-18-9-8-13(11-19(18)21)15-6-3-7-16-14-5-2-1-4-12(14)10-17(15)16/h1-9,11,20-21H,10H2. The van der Waals surface area contributed by atoms with Crippen molar-refractivity contribution in [3.63, 3.8) is 0 Å². The summed E-state index contributed by atoms with van der Waals surface area (Å²) < 4.78 is 0. The Morgan fingerprint density at radius 1 is 0.667 bits per heavy atom. The molecule has 2 nitrogen and oxygen atoms in total. The molecule has 2 N–H and O–H groups in total. The zero-order chi connectivity index (χ0) is 14.4. The van der Waals surface area contributed by atoms with Crippen molar-refractivity contribution in [3.05, 3.63) is 71.8 Å². The first-order valence-electron chi connectivity index (χ1n) is 6.96. The van der Waals surface area contributed by atoms with Gasteiger partial charge in [0.15, 0.2) is 11.5 Å². The maximum atomic E-state index is 9.73. The van der Waals surface area contributed by atoms with Crippen LogP contribution in [-0.2, 0) is 6.42 Å². The van der Waals surface area contributed by atoms with Crippen LogP contribution in [-0.4, -0.2) is 10.2 Å². The number of phenolic OH excluding ortho intramolecular Hbond substituents is 2. The van der Waals surface area contributed by atoms with Crippen molar-refractivity contribution < 1.29 is 10.2 Å². The number of phenols is 2. The van der Waals surface area contributed by atoms with Gasteiger partial charge in [-0.05, 0) is 51.9 Å². The van der Waals surface area contributed by atoms with Crippen molar-refractivity contribution in [1.82, 2.24) is 0 Å². The quantitative estimate of drug-likeness (QED) is 0.507. The SMILES string of the molecule is Oc1ccc(-c2cccc3c2Cc2ccccc2-3)cc1O. The molecule has 1 aliphatic carbocycles. The minimum atomic E-state index is -0.0883. The molecule has 0 bridgehead atoms. The normalized spacial score (nSPS) is 12.0. The Kier molecular flexibility index (Phi) is 2.51. The molecule has 0 heterocycles. The average molecular weight is 274 g/mol. The van der Waals surface area contributed by atoms with Crippen LogP contribution in [0.5, 0.6) is 11.5 Å². The molecule has 0 radical (unpaired) electrons.